The van der Waals surface area contributed by atoms with Crippen molar-refractivity contribution in [3.05, 3.63) is 29.6 Å². The minimum absolute atomic E-state index is 0.00159. The van der Waals surface area contributed by atoms with Gasteiger partial charge in [0.2, 0.25) is 5.91 Å². The van der Waals surface area contributed by atoms with Crippen molar-refractivity contribution in [2.75, 3.05) is 33.4 Å². The lowest BCUT2D eigenvalue weighted by Gasteiger charge is -2.20. The Morgan fingerprint density at radius 1 is 1.25 bits per heavy atom. The highest BCUT2D eigenvalue weighted by molar-refractivity contribution is 5.92. The minimum atomic E-state index is -0.834. The van der Waals surface area contributed by atoms with E-state index in [9.17, 15) is 18.8 Å². The summed E-state index contributed by atoms with van der Waals surface area (Å²) in [6.45, 7) is 3.59. The maximum atomic E-state index is 13.6. The Bertz CT molecular complexity index is 606. The van der Waals surface area contributed by atoms with Crippen molar-refractivity contribution >= 4 is 17.8 Å². The molecule has 0 fully saturated rings. The normalized spacial score (nSPS) is 10.0. The number of ether oxygens (including phenoxy) is 2. The molecule has 8 heteroatoms. The molecule has 1 aromatic carbocycles. The van der Waals surface area contributed by atoms with Crippen molar-refractivity contribution in [1.29, 1.82) is 0 Å². The Morgan fingerprint density at radius 3 is 2.50 bits per heavy atom. The molecular formula is C16H21FN2O5. The summed E-state index contributed by atoms with van der Waals surface area (Å²) in [5.74, 6) is -2.34. The Balaban J connectivity index is 2.60. The van der Waals surface area contributed by atoms with Crippen molar-refractivity contribution in [2.45, 2.75) is 13.8 Å². The number of hydrogen-bond donors (Lipinski definition) is 1. The first-order valence-electron chi connectivity index (χ1n) is 7.48. The smallest absolute Gasteiger partial charge is 0.338 e. The molecule has 0 radical (unpaired) electrons. The molecule has 2 amide bonds. The molecule has 1 aromatic rings. The van der Waals surface area contributed by atoms with Gasteiger partial charge in [-0.1, -0.05) is 0 Å². The average molecular weight is 340 g/mol. The second-order valence-corrected chi connectivity index (χ2v) is 4.79. The van der Waals surface area contributed by atoms with Crippen LogP contribution in [0.25, 0.3) is 0 Å². The molecule has 0 heterocycles. The van der Waals surface area contributed by atoms with Gasteiger partial charge >= 0.3 is 5.97 Å². The molecule has 0 aliphatic carbocycles. The summed E-state index contributed by atoms with van der Waals surface area (Å²) in [4.78, 5) is 36.6. The molecule has 0 bridgehead atoms. The molecule has 0 aliphatic heterocycles. The molecule has 0 spiro atoms. The van der Waals surface area contributed by atoms with Gasteiger partial charge in [-0.3, -0.25) is 9.59 Å². The second kappa shape index (κ2) is 9.49. The van der Waals surface area contributed by atoms with E-state index in [-0.39, 0.29) is 23.8 Å². The van der Waals surface area contributed by atoms with Gasteiger partial charge in [0.05, 0.1) is 19.2 Å². The van der Waals surface area contributed by atoms with Crippen molar-refractivity contribution in [3.8, 4) is 5.75 Å². The number of carbonyl (C=O) groups excluding carboxylic acids is 3. The zero-order chi connectivity index (χ0) is 18.1. The molecule has 1 rings (SSSR count). The standard InChI is InChI=1S/C16H21FN2O5/c1-4-18-14(20)9-19(5-2)15(21)10-24-16(22)11-6-7-13(23-3)12(17)8-11/h6-8H,4-5,9-10H2,1-3H3,(H,18,20). The third-order valence-electron chi connectivity index (χ3n) is 3.16. The number of hydrogen-bond acceptors (Lipinski definition) is 5. The predicted molar refractivity (Wildman–Crippen MR) is 84.2 cm³/mol. The van der Waals surface area contributed by atoms with E-state index in [4.69, 9.17) is 9.47 Å². The van der Waals surface area contributed by atoms with E-state index in [0.717, 1.165) is 6.07 Å². The fourth-order valence-electron chi connectivity index (χ4n) is 1.90. The van der Waals surface area contributed by atoms with Crippen LogP contribution in [0.3, 0.4) is 0 Å². The first kappa shape index (κ1) is 19.4. The zero-order valence-corrected chi connectivity index (χ0v) is 13.9. The Hall–Kier alpha value is -2.64. The first-order valence-corrected chi connectivity index (χ1v) is 7.48. The zero-order valence-electron chi connectivity index (χ0n) is 13.9. The summed E-state index contributed by atoms with van der Waals surface area (Å²) in [5, 5.41) is 2.58. The third kappa shape index (κ3) is 5.53. The Kier molecular flexibility index (Phi) is 7.67. The number of halogens is 1. The number of nitrogens with zero attached hydrogens (tertiary/aromatic N) is 1. The lowest BCUT2D eigenvalue weighted by molar-refractivity contribution is -0.138. The van der Waals surface area contributed by atoms with Crippen molar-refractivity contribution < 1.29 is 28.2 Å². The summed E-state index contributed by atoms with van der Waals surface area (Å²) in [7, 11) is 1.31. The number of likely N-dealkylation sites (N-methyl/N-ethyl adjacent to an activating group) is 2. The SMILES string of the molecule is CCNC(=O)CN(CC)C(=O)COC(=O)c1ccc(OC)c(F)c1. The number of rotatable bonds is 8. The lowest BCUT2D eigenvalue weighted by atomic mass is 10.2. The van der Waals surface area contributed by atoms with E-state index >= 15 is 0 Å². The van der Waals surface area contributed by atoms with E-state index in [1.807, 2.05) is 0 Å². The second-order valence-electron chi connectivity index (χ2n) is 4.79. The monoisotopic (exact) mass is 340 g/mol. The van der Waals surface area contributed by atoms with E-state index < -0.39 is 24.3 Å². The highest BCUT2D eigenvalue weighted by Crippen LogP contribution is 2.18. The quantitative estimate of drug-likeness (QED) is 0.713. The maximum Gasteiger partial charge on any atom is 0.338 e. The van der Waals surface area contributed by atoms with Gasteiger partial charge in [0.1, 0.15) is 0 Å². The molecule has 1 N–H and O–H groups in total. The average Bonchev–Trinajstić information content (AvgIpc) is 2.57. The lowest BCUT2D eigenvalue weighted by Crippen LogP contribution is -2.42. The molecule has 0 aliphatic rings. The van der Waals surface area contributed by atoms with Crippen LogP contribution in [-0.2, 0) is 14.3 Å². The van der Waals surface area contributed by atoms with Gasteiger partial charge in [-0.2, -0.15) is 0 Å². The van der Waals surface area contributed by atoms with Gasteiger partial charge in [0, 0.05) is 13.1 Å². The Labute approximate surface area is 139 Å². The van der Waals surface area contributed by atoms with E-state index in [0.29, 0.717) is 13.1 Å². The molecule has 0 saturated carbocycles. The molecule has 132 valence electrons. The topological polar surface area (TPSA) is 84.9 Å². The van der Waals surface area contributed by atoms with E-state index in [1.165, 1.54) is 24.1 Å². The number of methoxy groups -OCH3 is 1. The fraction of sp³-hybridized carbons (Fsp3) is 0.438. The van der Waals surface area contributed by atoms with Crippen LogP contribution in [-0.4, -0.2) is 56.0 Å². The van der Waals surface area contributed by atoms with Gasteiger partial charge in [-0.05, 0) is 32.0 Å². The molecule has 7 nitrogen and oxygen atoms in total. The summed E-state index contributed by atoms with van der Waals surface area (Å²) in [6.07, 6.45) is 0. The van der Waals surface area contributed by atoms with Gasteiger partial charge in [0.15, 0.2) is 18.2 Å². The van der Waals surface area contributed by atoms with Crippen molar-refractivity contribution in [3.63, 3.8) is 0 Å². The molecule has 0 atom stereocenters. The van der Waals surface area contributed by atoms with E-state index in [1.54, 1.807) is 13.8 Å². The molecular weight excluding hydrogens is 319 g/mol. The maximum absolute atomic E-state index is 13.6. The van der Waals surface area contributed by atoms with Crippen LogP contribution in [0.1, 0.15) is 24.2 Å². The molecule has 0 unspecified atom stereocenters. The van der Waals surface area contributed by atoms with Crippen LogP contribution in [0.5, 0.6) is 5.75 Å². The van der Waals surface area contributed by atoms with Crippen molar-refractivity contribution in [1.82, 2.24) is 10.2 Å². The number of esters is 1. The summed E-state index contributed by atoms with van der Waals surface area (Å²) < 4.78 is 23.2. The fourth-order valence-corrected chi connectivity index (χ4v) is 1.90. The van der Waals surface area contributed by atoms with E-state index in [2.05, 4.69) is 5.32 Å². The Morgan fingerprint density at radius 2 is 1.96 bits per heavy atom. The highest BCUT2D eigenvalue weighted by atomic mass is 19.1. The molecule has 0 saturated heterocycles. The van der Waals surface area contributed by atoms with Crippen LogP contribution in [0, 0.1) is 5.82 Å². The first-order chi connectivity index (χ1) is 11.4. The van der Waals surface area contributed by atoms with Crippen LogP contribution >= 0.6 is 0 Å². The van der Waals surface area contributed by atoms with Gasteiger partial charge in [-0.15, -0.1) is 0 Å². The van der Waals surface area contributed by atoms with Crippen LogP contribution < -0.4 is 10.1 Å². The van der Waals surface area contributed by atoms with Gasteiger partial charge in [0.25, 0.3) is 5.91 Å². The number of carbonyl (C=O) groups is 3. The van der Waals surface area contributed by atoms with Gasteiger partial charge < -0.3 is 19.7 Å². The number of amides is 2. The summed E-state index contributed by atoms with van der Waals surface area (Å²) >= 11 is 0. The van der Waals surface area contributed by atoms with Crippen LogP contribution in [0.15, 0.2) is 18.2 Å². The minimum Gasteiger partial charge on any atom is -0.494 e. The van der Waals surface area contributed by atoms with Crippen molar-refractivity contribution in [2.24, 2.45) is 0 Å². The van der Waals surface area contributed by atoms with Crippen LogP contribution in [0.4, 0.5) is 4.39 Å². The predicted octanol–water partition coefficient (Wildman–Crippen LogP) is 0.976. The summed E-state index contributed by atoms with van der Waals surface area (Å²) in [6, 6.07) is 3.60. The number of nitrogens with one attached hydrogen (secondary N) is 1. The van der Waals surface area contributed by atoms with Gasteiger partial charge in [-0.25, -0.2) is 9.18 Å². The third-order valence-corrected chi connectivity index (χ3v) is 3.16. The highest BCUT2D eigenvalue weighted by Gasteiger charge is 2.18. The molecule has 24 heavy (non-hydrogen) atoms. The van der Waals surface area contributed by atoms with Crippen LogP contribution in [0.2, 0.25) is 0 Å². The largest absolute Gasteiger partial charge is 0.494 e. The summed E-state index contributed by atoms with van der Waals surface area (Å²) in [5.41, 5.74) is -0.0344. The molecule has 0 aromatic heterocycles. The number of benzene rings is 1.